The Balaban J connectivity index is 1.89. The van der Waals surface area contributed by atoms with Gasteiger partial charge in [-0.05, 0) is 37.8 Å². The minimum atomic E-state index is 0.138. The number of aromatic nitrogens is 2. The Labute approximate surface area is 142 Å². The third-order valence-corrected chi connectivity index (χ3v) is 5.16. The van der Waals surface area contributed by atoms with E-state index in [9.17, 15) is 10.4 Å². The van der Waals surface area contributed by atoms with Gasteiger partial charge in [-0.1, -0.05) is 18.6 Å². The zero-order valence-electron chi connectivity index (χ0n) is 14.4. The number of nitriles is 1. The van der Waals surface area contributed by atoms with E-state index in [1.165, 1.54) is 37.0 Å². The highest BCUT2D eigenvalue weighted by atomic mass is 16.3. The molecule has 0 amide bonds. The van der Waals surface area contributed by atoms with Crippen LogP contribution in [0.25, 0.3) is 16.6 Å². The number of rotatable bonds is 4. The summed E-state index contributed by atoms with van der Waals surface area (Å²) in [6, 6.07) is 10.5. The molecular formula is C19H25N4O+. The molecule has 5 heteroatoms. The molecule has 3 rings (SSSR count). The lowest BCUT2D eigenvalue weighted by Gasteiger charge is -2.28. The van der Waals surface area contributed by atoms with Gasteiger partial charge >= 0.3 is 0 Å². The number of likely N-dealkylation sites (N-methyl/N-ethyl adjacent to an activating group) is 1. The van der Waals surface area contributed by atoms with E-state index in [0.717, 1.165) is 11.0 Å². The van der Waals surface area contributed by atoms with Crippen molar-refractivity contribution in [3.05, 3.63) is 35.8 Å². The number of benzene rings is 1. The van der Waals surface area contributed by atoms with E-state index in [-0.39, 0.29) is 11.3 Å². The molecule has 0 aliphatic heterocycles. The van der Waals surface area contributed by atoms with Gasteiger partial charge in [0.05, 0.1) is 24.1 Å². The predicted molar refractivity (Wildman–Crippen MR) is 94.5 cm³/mol. The summed E-state index contributed by atoms with van der Waals surface area (Å²) in [6.07, 6.45) is 6.25. The van der Waals surface area contributed by atoms with Crippen LogP contribution in [0.2, 0.25) is 0 Å². The van der Waals surface area contributed by atoms with E-state index in [4.69, 9.17) is 0 Å². The van der Waals surface area contributed by atoms with Crippen LogP contribution < -0.4 is 4.90 Å². The molecule has 2 N–H and O–H groups in total. The van der Waals surface area contributed by atoms with Gasteiger partial charge < -0.3 is 14.6 Å². The Hall–Kier alpha value is -2.32. The Kier molecular flexibility index (Phi) is 4.86. The van der Waals surface area contributed by atoms with Crippen LogP contribution in [-0.2, 0) is 7.05 Å². The molecule has 1 aliphatic carbocycles. The van der Waals surface area contributed by atoms with E-state index in [0.29, 0.717) is 18.4 Å². The van der Waals surface area contributed by atoms with Gasteiger partial charge in [0.2, 0.25) is 0 Å². The van der Waals surface area contributed by atoms with Crippen LogP contribution in [0.3, 0.4) is 0 Å². The van der Waals surface area contributed by atoms with Gasteiger partial charge in [-0.15, -0.1) is 0 Å². The number of nitrogens with zero attached hydrogens (tertiary/aromatic N) is 3. The van der Waals surface area contributed by atoms with Crippen molar-refractivity contribution in [2.24, 2.45) is 7.05 Å². The Morgan fingerprint density at radius 3 is 2.71 bits per heavy atom. The topological polar surface area (TPSA) is 66.3 Å². The summed E-state index contributed by atoms with van der Waals surface area (Å²) in [7, 11) is 3.99. The van der Waals surface area contributed by atoms with Crippen molar-refractivity contribution >= 4 is 16.6 Å². The van der Waals surface area contributed by atoms with Crippen LogP contribution in [0, 0.1) is 11.3 Å². The fraction of sp³-hybridized carbons (Fsp3) is 0.474. The van der Waals surface area contributed by atoms with Crippen LogP contribution in [0.4, 0.5) is 0 Å². The molecule has 0 bridgehead atoms. The van der Waals surface area contributed by atoms with E-state index in [2.05, 4.69) is 18.1 Å². The minimum absolute atomic E-state index is 0.138. The molecule has 1 atom stereocenters. The molecule has 1 unspecified atom stereocenters. The molecule has 1 saturated carbocycles. The summed E-state index contributed by atoms with van der Waals surface area (Å²) in [5.74, 6) is 0.673. The van der Waals surface area contributed by atoms with Gasteiger partial charge in [-0.25, -0.2) is 4.98 Å². The summed E-state index contributed by atoms with van der Waals surface area (Å²) in [6.45, 7) is 0.469. The number of quaternary nitrogens is 1. The molecule has 2 aromatic rings. The summed E-state index contributed by atoms with van der Waals surface area (Å²) in [4.78, 5) is 5.81. The largest absolute Gasteiger partial charge is 0.506 e. The molecule has 0 radical (unpaired) electrons. The van der Waals surface area contributed by atoms with Gasteiger partial charge in [0.1, 0.15) is 18.2 Å². The number of imidazole rings is 1. The summed E-state index contributed by atoms with van der Waals surface area (Å²) < 4.78 is 1.88. The molecule has 24 heavy (non-hydrogen) atoms. The standard InChI is InChI=1S/C19H24N4O/c1-22(14-8-4-3-5-9-14)13-18(24)15(12-20)19-21-16-10-6-7-11-17(16)23(19)2/h6-7,10-11,14,24H,3-5,8-9,13H2,1-2H3/p+1. The third kappa shape index (κ3) is 3.15. The van der Waals surface area contributed by atoms with Crippen molar-refractivity contribution in [1.82, 2.24) is 9.55 Å². The van der Waals surface area contributed by atoms with Gasteiger partial charge in [-0.2, -0.15) is 5.26 Å². The molecule has 126 valence electrons. The van der Waals surface area contributed by atoms with Crippen LogP contribution in [0.15, 0.2) is 30.0 Å². The number of nitrogens with one attached hydrogen (secondary N) is 1. The van der Waals surface area contributed by atoms with E-state index < -0.39 is 0 Å². The monoisotopic (exact) mass is 325 g/mol. The number of para-hydroxylation sites is 2. The average Bonchev–Trinajstić information content (AvgIpc) is 2.93. The van der Waals surface area contributed by atoms with Gasteiger partial charge in [0, 0.05) is 7.05 Å². The highest BCUT2D eigenvalue weighted by molar-refractivity contribution is 5.83. The number of hydrogen-bond acceptors (Lipinski definition) is 3. The highest BCUT2D eigenvalue weighted by Crippen LogP contribution is 2.21. The first kappa shape index (κ1) is 16.5. The Bertz CT molecular complexity index is 793. The predicted octanol–water partition coefficient (Wildman–Crippen LogP) is 2.21. The molecule has 1 aromatic heterocycles. The first-order chi connectivity index (χ1) is 11.6. The summed E-state index contributed by atoms with van der Waals surface area (Å²) in [5, 5.41) is 20.2. The second-order valence-corrected chi connectivity index (χ2v) is 6.77. The summed E-state index contributed by atoms with van der Waals surface area (Å²) in [5.41, 5.74) is 2.08. The van der Waals surface area contributed by atoms with Crippen molar-refractivity contribution in [2.75, 3.05) is 13.6 Å². The Morgan fingerprint density at radius 1 is 1.33 bits per heavy atom. The van der Waals surface area contributed by atoms with Crippen molar-refractivity contribution in [1.29, 1.82) is 5.26 Å². The first-order valence-electron chi connectivity index (χ1n) is 8.68. The third-order valence-electron chi connectivity index (χ3n) is 5.16. The minimum Gasteiger partial charge on any atom is -0.506 e. The fourth-order valence-electron chi connectivity index (χ4n) is 3.70. The lowest BCUT2D eigenvalue weighted by atomic mass is 9.94. The Morgan fingerprint density at radius 2 is 2.04 bits per heavy atom. The quantitative estimate of drug-likeness (QED) is 0.669. The number of fused-ring (bicyclic) bond motifs is 1. The van der Waals surface area contributed by atoms with Crippen LogP contribution in [-0.4, -0.2) is 34.3 Å². The summed E-state index contributed by atoms with van der Waals surface area (Å²) >= 11 is 0. The smallest absolute Gasteiger partial charge is 0.169 e. The van der Waals surface area contributed by atoms with E-state index in [1.54, 1.807) is 0 Å². The van der Waals surface area contributed by atoms with Crippen molar-refractivity contribution < 1.29 is 10.0 Å². The van der Waals surface area contributed by atoms with Gasteiger partial charge in [0.25, 0.3) is 0 Å². The molecular weight excluding hydrogens is 300 g/mol. The first-order valence-corrected chi connectivity index (χ1v) is 8.68. The maximum atomic E-state index is 10.6. The number of aliphatic hydroxyl groups excluding tert-OH is 1. The van der Waals surface area contributed by atoms with Crippen LogP contribution >= 0.6 is 0 Å². The molecule has 1 heterocycles. The van der Waals surface area contributed by atoms with Crippen molar-refractivity contribution in [3.63, 3.8) is 0 Å². The van der Waals surface area contributed by atoms with Crippen LogP contribution in [0.1, 0.15) is 37.9 Å². The zero-order chi connectivity index (χ0) is 17.1. The molecule has 1 fully saturated rings. The molecule has 1 aliphatic rings. The van der Waals surface area contributed by atoms with Crippen LogP contribution in [0.5, 0.6) is 0 Å². The molecule has 1 aromatic carbocycles. The fourth-order valence-corrected chi connectivity index (χ4v) is 3.70. The maximum Gasteiger partial charge on any atom is 0.169 e. The average molecular weight is 325 g/mol. The second kappa shape index (κ2) is 7.06. The highest BCUT2D eigenvalue weighted by Gasteiger charge is 2.24. The number of hydrogen-bond donors (Lipinski definition) is 2. The number of aryl methyl sites for hydroxylation is 1. The van der Waals surface area contributed by atoms with Crippen molar-refractivity contribution in [3.8, 4) is 6.07 Å². The van der Waals surface area contributed by atoms with E-state index in [1.807, 2.05) is 35.9 Å². The number of allylic oxidation sites excluding steroid dienone is 1. The lowest BCUT2D eigenvalue weighted by molar-refractivity contribution is -0.903. The molecule has 5 nitrogen and oxygen atoms in total. The lowest BCUT2D eigenvalue weighted by Crippen LogP contribution is -3.13. The maximum absolute atomic E-state index is 10.6. The number of aliphatic hydroxyl groups is 1. The normalized spacial score (nSPS) is 18.2. The SMILES string of the molecule is Cn1c(C(C#N)=C(O)C[NH+](C)C2CCCCC2)nc2ccccc21. The zero-order valence-corrected chi connectivity index (χ0v) is 14.4. The van der Waals surface area contributed by atoms with Gasteiger partial charge in [0.15, 0.2) is 11.6 Å². The van der Waals surface area contributed by atoms with Crippen molar-refractivity contribution in [2.45, 2.75) is 38.1 Å². The van der Waals surface area contributed by atoms with Gasteiger partial charge in [-0.3, -0.25) is 0 Å². The molecule has 0 saturated heterocycles. The second-order valence-electron chi connectivity index (χ2n) is 6.77. The van der Waals surface area contributed by atoms with E-state index >= 15 is 0 Å². The molecule has 0 spiro atoms.